The molecule has 0 saturated carbocycles. The fraction of sp³-hybridized carbons (Fsp3) is 0.857. The molecule has 1 saturated heterocycles. The maximum absolute atomic E-state index is 8.68. The lowest BCUT2D eigenvalue weighted by Gasteiger charge is -2.42. The zero-order chi connectivity index (χ0) is 6.91. The number of hydrogen-bond acceptors (Lipinski definition) is 2. The summed E-state index contributed by atoms with van der Waals surface area (Å²) in [4.78, 5) is 2.17. The summed E-state index contributed by atoms with van der Waals surface area (Å²) in [6.07, 6.45) is 0.994. The van der Waals surface area contributed by atoms with Gasteiger partial charge in [0.2, 0.25) is 0 Å². The van der Waals surface area contributed by atoms with Crippen LogP contribution < -0.4 is 0 Å². The van der Waals surface area contributed by atoms with Gasteiger partial charge >= 0.3 is 0 Å². The highest BCUT2D eigenvalue weighted by Crippen LogP contribution is 2.31. The Balaban J connectivity index is 2.48. The highest BCUT2D eigenvalue weighted by atomic mass is 15.2. The van der Waals surface area contributed by atoms with Gasteiger partial charge in [0.05, 0.1) is 11.5 Å². The van der Waals surface area contributed by atoms with Gasteiger partial charge in [-0.05, 0) is 13.5 Å². The van der Waals surface area contributed by atoms with Crippen LogP contribution in [0.2, 0.25) is 0 Å². The van der Waals surface area contributed by atoms with Crippen LogP contribution in [0.1, 0.15) is 13.3 Å². The van der Waals surface area contributed by atoms with Crippen molar-refractivity contribution in [3.8, 4) is 6.07 Å². The summed E-state index contributed by atoms with van der Waals surface area (Å²) in [5.41, 5.74) is 0.00868. The molecule has 50 valence electrons. The molecule has 0 N–H and O–H groups in total. The molecule has 0 aromatic heterocycles. The minimum Gasteiger partial charge on any atom is -0.303 e. The maximum Gasteiger partial charge on any atom is 0.0824 e. The average molecular weight is 124 g/mol. The summed E-state index contributed by atoms with van der Waals surface area (Å²) in [7, 11) is 2.05. The second-order valence-corrected chi connectivity index (χ2v) is 2.92. The van der Waals surface area contributed by atoms with Crippen LogP contribution in [0.25, 0.3) is 0 Å². The quantitative estimate of drug-likeness (QED) is 0.518. The lowest BCUT2D eigenvalue weighted by Crippen LogP contribution is -2.52. The molecule has 1 fully saturated rings. The molecule has 1 rings (SSSR count). The second kappa shape index (κ2) is 2.00. The predicted molar refractivity (Wildman–Crippen MR) is 35.8 cm³/mol. The normalized spacial score (nSPS) is 24.6. The Hall–Kier alpha value is -0.550. The van der Waals surface area contributed by atoms with Gasteiger partial charge < -0.3 is 4.90 Å². The first-order chi connectivity index (χ1) is 4.22. The van der Waals surface area contributed by atoms with E-state index in [4.69, 9.17) is 5.26 Å². The maximum atomic E-state index is 8.68. The fourth-order valence-corrected chi connectivity index (χ4v) is 1.36. The van der Waals surface area contributed by atoms with Crippen molar-refractivity contribution in [3.05, 3.63) is 0 Å². The van der Waals surface area contributed by atoms with Crippen molar-refractivity contribution in [3.63, 3.8) is 0 Å². The molecule has 2 heteroatoms. The SMILES string of the molecule is CCC1(C#N)CN(C)C1. The van der Waals surface area contributed by atoms with E-state index in [2.05, 4.69) is 17.9 Å². The Bertz CT molecular complexity index is 139. The largest absolute Gasteiger partial charge is 0.303 e. The minimum absolute atomic E-state index is 0.00868. The smallest absolute Gasteiger partial charge is 0.0824 e. The minimum atomic E-state index is 0.00868. The van der Waals surface area contributed by atoms with E-state index in [1.165, 1.54) is 0 Å². The summed E-state index contributed by atoms with van der Waals surface area (Å²) in [6.45, 7) is 4.00. The van der Waals surface area contributed by atoms with Gasteiger partial charge in [-0.25, -0.2) is 0 Å². The molecule has 2 nitrogen and oxygen atoms in total. The van der Waals surface area contributed by atoms with Gasteiger partial charge in [-0.2, -0.15) is 5.26 Å². The van der Waals surface area contributed by atoms with E-state index < -0.39 is 0 Å². The molecule has 0 atom stereocenters. The third-order valence-corrected chi connectivity index (χ3v) is 2.06. The molecule has 0 aliphatic carbocycles. The van der Waals surface area contributed by atoms with Crippen molar-refractivity contribution < 1.29 is 0 Å². The highest BCUT2D eigenvalue weighted by molar-refractivity contribution is 5.07. The highest BCUT2D eigenvalue weighted by Gasteiger charge is 2.39. The van der Waals surface area contributed by atoms with Crippen LogP contribution in [-0.4, -0.2) is 25.0 Å². The first-order valence-corrected chi connectivity index (χ1v) is 3.32. The molecule has 1 aliphatic rings. The standard InChI is InChI=1S/C7H12N2/c1-3-7(4-8)5-9(2)6-7/h3,5-6H2,1-2H3. The summed E-state index contributed by atoms with van der Waals surface area (Å²) >= 11 is 0. The molecule has 1 heterocycles. The summed E-state index contributed by atoms with van der Waals surface area (Å²) in [6, 6.07) is 2.35. The third-order valence-electron chi connectivity index (χ3n) is 2.06. The van der Waals surface area contributed by atoms with E-state index in [0.29, 0.717) is 0 Å². The van der Waals surface area contributed by atoms with E-state index in [1.807, 2.05) is 7.05 Å². The van der Waals surface area contributed by atoms with Crippen LogP contribution in [0, 0.1) is 16.7 Å². The first kappa shape index (κ1) is 6.57. The zero-order valence-corrected chi connectivity index (χ0v) is 6.02. The molecule has 0 spiro atoms. The zero-order valence-electron chi connectivity index (χ0n) is 6.02. The van der Waals surface area contributed by atoms with Crippen LogP contribution in [0.5, 0.6) is 0 Å². The van der Waals surface area contributed by atoms with E-state index in [0.717, 1.165) is 19.5 Å². The van der Waals surface area contributed by atoms with Crippen LogP contribution in [0.3, 0.4) is 0 Å². The van der Waals surface area contributed by atoms with Gasteiger partial charge in [-0.15, -0.1) is 0 Å². The number of hydrogen-bond donors (Lipinski definition) is 0. The van der Waals surface area contributed by atoms with Crippen molar-refractivity contribution in [2.45, 2.75) is 13.3 Å². The second-order valence-electron chi connectivity index (χ2n) is 2.92. The van der Waals surface area contributed by atoms with Crippen LogP contribution in [0.4, 0.5) is 0 Å². The third kappa shape index (κ3) is 0.927. The number of nitriles is 1. The Kier molecular flexibility index (Phi) is 1.46. The molecule has 0 amide bonds. The van der Waals surface area contributed by atoms with Crippen LogP contribution in [0.15, 0.2) is 0 Å². The lowest BCUT2D eigenvalue weighted by molar-refractivity contribution is 0.0696. The van der Waals surface area contributed by atoms with Gasteiger partial charge in [0.1, 0.15) is 0 Å². The van der Waals surface area contributed by atoms with Crippen LogP contribution >= 0.6 is 0 Å². The summed E-state index contributed by atoms with van der Waals surface area (Å²) < 4.78 is 0. The molecule has 0 bridgehead atoms. The topological polar surface area (TPSA) is 27.0 Å². The van der Waals surface area contributed by atoms with Gasteiger partial charge in [0.15, 0.2) is 0 Å². The molecule has 0 unspecified atom stereocenters. The Labute approximate surface area is 56.1 Å². The van der Waals surface area contributed by atoms with Gasteiger partial charge in [0.25, 0.3) is 0 Å². The van der Waals surface area contributed by atoms with Gasteiger partial charge in [-0.3, -0.25) is 0 Å². The predicted octanol–water partition coefficient (Wildman–Crippen LogP) is 0.852. The Morgan fingerprint density at radius 3 is 2.33 bits per heavy atom. The van der Waals surface area contributed by atoms with Crippen LogP contribution in [-0.2, 0) is 0 Å². The fourth-order valence-electron chi connectivity index (χ4n) is 1.36. The van der Waals surface area contributed by atoms with Gasteiger partial charge in [0, 0.05) is 13.1 Å². The molecule has 9 heavy (non-hydrogen) atoms. The van der Waals surface area contributed by atoms with Crippen molar-refractivity contribution in [2.24, 2.45) is 5.41 Å². The van der Waals surface area contributed by atoms with Crippen molar-refractivity contribution in [2.75, 3.05) is 20.1 Å². The Morgan fingerprint density at radius 1 is 1.67 bits per heavy atom. The average Bonchev–Trinajstić information content (AvgIpc) is 1.81. The summed E-state index contributed by atoms with van der Waals surface area (Å²) in [5.74, 6) is 0. The molecular formula is C7H12N2. The van der Waals surface area contributed by atoms with E-state index in [9.17, 15) is 0 Å². The Morgan fingerprint density at radius 2 is 2.22 bits per heavy atom. The first-order valence-electron chi connectivity index (χ1n) is 3.32. The van der Waals surface area contributed by atoms with Crippen molar-refractivity contribution in [1.29, 1.82) is 5.26 Å². The molecule has 0 radical (unpaired) electrons. The van der Waals surface area contributed by atoms with E-state index in [1.54, 1.807) is 0 Å². The number of rotatable bonds is 1. The molecule has 0 aromatic carbocycles. The van der Waals surface area contributed by atoms with Crippen molar-refractivity contribution >= 4 is 0 Å². The van der Waals surface area contributed by atoms with Crippen molar-refractivity contribution in [1.82, 2.24) is 4.90 Å². The van der Waals surface area contributed by atoms with E-state index in [-0.39, 0.29) is 5.41 Å². The monoisotopic (exact) mass is 124 g/mol. The number of nitrogens with zero attached hydrogens (tertiary/aromatic N) is 2. The van der Waals surface area contributed by atoms with E-state index >= 15 is 0 Å². The molecule has 1 aliphatic heterocycles. The summed E-state index contributed by atoms with van der Waals surface area (Å²) in [5, 5.41) is 8.68. The van der Waals surface area contributed by atoms with Gasteiger partial charge in [-0.1, -0.05) is 6.92 Å². The number of likely N-dealkylation sites (tertiary alicyclic amines) is 1. The lowest BCUT2D eigenvalue weighted by atomic mass is 9.79. The molecular weight excluding hydrogens is 112 g/mol. The molecule has 0 aromatic rings.